The average Bonchev–Trinajstić information content (AvgIpc) is 2.97. The van der Waals surface area contributed by atoms with Gasteiger partial charge in [-0.25, -0.2) is 9.97 Å². The van der Waals surface area contributed by atoms with Gasteiger partial charge in [0.25, 0.3) is 5.91 Å². The monoisotopic (exact) mass is 296 g/mol. The number of nitrogens with one attached hydrogen (secondary N) is 2. The zero-order valence-corrected chi connectivity index (χ0v) is 12.2. The molecule has 2 N–H and O–H groups in total. The van der Waals surface area contributed by atoms with Crippen molar-refractivity contribution in [2.24, 2.45) is 0 Å². The van der Waals surface area contributed by atoms with E-state index in [-0.39, 0.29) is 5.91 Å². The van der Waals surface area contributed by atoms with Gasteiger partial charge in [0.05, 0.1) is 18.1 Å². The Morgan fingerprint density at radius 3 is 2.95 bits per heavy atom. The molecule has 0 spiro atoms. The summed E-state index contributed by atoms with van der Waals surface area (Å²) in [5.41, 5.74) is 2.35. The molecule has 0 aliphatic rings. The summed E-state index contributed by atoms with van der Waals surface area (Å²) in [6.45, 7) is 0.483. The summed E-state index contributed by atoms with van der Waals surface area (Å²) >= 11 is 0. The van der Waals surface area contributed by atoms with Gasteiger partial charge in [-0.15, -0.1) is 0 Å². The molecule has 6 nitrogen and oxygen atoms in total. The van der Waals surface area contributed by atoms with E-state index in [4.69, 9.17) is 4.74 Å². The summed E-state index contributed by atoms with van der Waals surface area (Å²) in [4.78, 5) is 23.8. The minimum absolute atomic E-state index is 0.207. The molecule has 0 unspecified atom stereocenters. The van der Waals surface area contributed by atoms with Gasteiger partial charge in [0.2, 0.25) is 5.88 Å². The number of para-hydroxylation sites is 2. The predicted octanol–water partition coefficient (Wildman–Crippen LogP) is 1.94. The Labute approximate surface area is 127 Å². The molecule has 22 heavy (non-hydrogen) atoms. The summed E-state index contributed by atoms with van der Waals surface area (Å²) in [6, 6.07) is 11.2. The number of methoxy groups -OCH3 is 1. The number of hydrogen-bond acceptors (Lipinski definition) is 4. The lowest BCUT2D eigenvalue weighted by atomic mass is 10.2. The number of amides is 1. The number of carbonyl (C=O) groups excluding carboxylic acids is 1. The first kappa shape index (κ1) is 14.1. The van der Waals surface area contributed by atoms with Crippen molar-refractivity contribution in [3.63, 3.8) is 0 Å². The SMILES string of the molecule is COc1ncccc1C(=O)NCCc1nc2ccccc2[nH]1. The average molecular weight is 296 g/mol. The Morgan fingerprint density at radius 2 is 2.14 bits per heavy atom. The van der Waals surface area contributed by atoms with Crippen LogP contribution in [0.3, 0.4) is 0 Å². The van der Waals surface area contributed by atoms with Gasteiger partial charge in [-0.2, -0.15) is 0 Å². The number of H-pyrrole nitrogens is 1. The highest BCUT2D eigenvalue weighted by atomic mass is 16.5. The Morgan fingerprint density at radius 1 is 1.27 bits per heavy atom. The smallest absolute Gasteiger partial charge is 0.256 e. The fraction of sp³-hybridized carbons (Fsp3) is 0.188. The molecule has 3 rings (SSSR count). The molecule has 0 saturated heterocycles. The lowest BCUT2D eigenvalue weighted by Gasteiger charge is -2.07. The van der Waals surface area contributed by atoms with E-state index in [0.29, 0.717) is 24.4 Å². The molecule has 112 valence electrons. The van der Waals surface area contributed by atoms with E-state index in [0.717, 1.165) is 16.9 Å². The molecule has 2 aromatic heterocycles. The molecule has 3 aromatic rings. The van der Waals surface area contributed by atoms with E-state index in [1.165, 1.54) is 7.11 Å². The molecule has 0 radical (unpaired) electrons. The number of benzene rings is 1. The second-order valence-electron chi connectivity index (χ2n) is 4.77. The van der Waals surface area contributed by atoms with Crippen molar-refractivity contribution < 1.29 is 9.53 Å². The van der Waals surface area contributed by atoms with Crippen LogP contribution < -0.4 is 10.1 Å². The summed E-state index contributed by atoms with van der Waals surface area (Å²) in [7, 11) is 1.49. The summed E-state index contributed by atoms with van der Waals surface area (Å²) in [5, 5.41) is 2.85. The summed E-state index contributed by atoms with van der Waals surface area (Å²) in [5.74, 6) is 0.962. The zero-order valence-electron chi connectivity index (χ0n) is 12.2. The van der Waals surface area contributed by atoms with E-state index in [9.17, 15) is 4.79 Å². The summed E-state index contributed by atoms with van der Waals surface area (Å²) < 4.78 is 5.08. The quantitative estimate of drug-likeness (QED) is 0.754. The molecule has 6 heteroatoms. The summed E-state index contributed by atoms with van der Waals surface area (Å²) in [6.07, 6.45) is 2.22. The van der Waals surface area contributed by atoms with E-state index < -0.39 is 0 Å². The van der Waals surface area contributed by atoms with Crippen LogP contribution in [0.25, 0.3) is 11.0 Å². The molecular formula is C16H16N4O2. The van der Waals surface area contributed by atoms with Crippen LogP contribution in [0.4, 0.5) is 0 Å². The number of fused-ring (bicyclic) bond motifs is 1. The lowest BCUT2D eigenvalue weighted by molar-refractivity contribution is 0.0950. The molecule has 0 aliphatic heterocycles. The predicted molar refractivity (Wildman–Crippen MR) is 82.9 cm³/mol. The van der Waals surface area contributed by atoms with Gasteiger partial charge in [-0.05, 0) is 24.3 Å². The fourth-order valence-electron chi connectivity index (χ4n) is 2.24. The standard InChI is InChI=1S/C16H16N4O2/c1-22-16-11(5-4-9-18-16)15(21)17-10-8-14-19-12-6-2-3-7-13(12)20-14/h2-7,9H,8,10H2,1H3,(H,17,21)(H,19,20). The number of hydrogen-bond donors (Lipinski definition) is 2. The molecule has 0 atom stereocenters. The Balaban J connectivity index is 1.61. The number of carbonyl (C=O) groups is 1. The minimum atomic E-state index is -0.207. The Kier molecular flexibility index (Phi) is 4.00. The third kappa shape index (κ3) is 2.90. The number of aromatic nitrogens is 3. The van der Waals surface area contributed by atoms with E-state index in [1.54, 1.807) is 18.3 Å². The molecule has 2 heterocycles. The molecule has 1 aromatic carbocycles. The molecule has 0 fully saturated rings. The zero-order chi connectivity index (χ0) is 15.4. The normalized spacial score (nSPS) is 10.6. The highest BCUT2D eigenvalue weighted by Gasteiger charge is 2.12. The first-order chi connectivity index (χ1) is 10.8. The second-order valence-corrected chi connectivity index (χ2v) is 4.77. The van der Waals surface area contributed by atoms with Crippen LogP contribution in [0.2, 0.25) is 0 Å². The maximum atomic E-state index is 12.1. The van der Waals surface area contributed by atoms with Gasteiger partial charge in [0.15, 0.2) is 0 Å². The third-order valence-electron chi connectivity index (χ3n) is 3.29. The number of ether oxygens (including phenoxy) is 1. The number of rotatable bonds is 5. The van der Waals surface area contributed by atoms with Crippen molar-refractivity contribution in [2.45, 2.75) is 6.42 Å². The van der Waals surface area contributed by atoms with E-state index >= 15 is 0 Å². The maximum absolute atomic E-state index is 12.1. The first-order valence-corrected chi connectivity index (χ1v) is 6.99. The van der Waals surface area contributed by atoms with Crippen molar-refractivity contribution in [1.29, 1.82) is 0 Å². The largest absolute Gasteiger partial charge is 0.480 e. The van der Waals surface area contributed by atoms with Crippen LogP contribution in [0.1, 0.15) is 16.2 Å². The Hall–Kier alpha value is -2.89. The van der Waals surface area contributed by atoms with Crippen LogP contribution in [0, 0.1) is 0 Å². The molecule has 1 amide bonds. The van der Waals surface area contributed by atoms with Crippen molar-refractivity contribution in [1.82, 2.24) is 20.3 Å². The van der Waals surface area contributed by atoms with Gasteiger partial charge in [0.1, 0.15) is 11.4 Å². The van der Waals surface area contributed by atoms with Crippen molar-refractivity contribution in [3.05, 3.63) is 54.0 Å². The topological polar surface area (TPSA) is 79.9 Å². The van der Waals surface area contributed by atoms with Crippen LogP contribution in [0.5, 0.6) is 5.88 Å². The number of pyridine rings is 1. The Bertz CT molecular complexity index is 764. The van der Waals surface area contributed by atoms with Crippen molar-refractivity contribution in [3.8, 4) is 5.88 Å². The number of imidazole rings is 1. The highest BCUT2D eigenvalue weighted by molar-refractivity contribution is 5.96. The molecule has 0 saturated carbocycles. The minimum Gasteiger partial charge on any atom is -0.480 e. The third-order valence-corrected chi connectivity index (χ3v) is 3.29. The maximum Gasteiger partial charge on any atom is 0.256 e. The van der Waals surface area contributed by atoms with Crippen LogP contribution in [-0.4, -0.2) is 34.5 Å². The van der Waals surface area contributed by atoms with Gasteiger partial charge in [-0.3, -0.25) is 4.79 Å². The molecule has 0 bridgehead atoms. The molecule has 0 aliphatic carbocycles. The lowest BCUT2D eigenvalue weighted by Crippen LogP contribution is -2.26. The van der Waals surface area contributed by atoms with Crippen LogP contribution in [-0.2, 0) is 6.42 Å². The highest BCUT2D eigenvalue weighted by Crippen LogP contribution is 2.13. The molecular weight excluding hydrogens is 280 g/mol. The fourth-order valence-corrected chi connectivity index (χ4v) is 2.24. The van der Waals surface area contributed by atoms with Gasteiger partial charge >= 0.3 is 0 Å². The first-order valence-electron chi connectivity index (χ1n) is 6.99. The van der Waals surface area contributed by atoms with Crippen molar-refractivity contribution >= 4 is 16.9 Å². The number of nitrogens with zero attached hydrogens (tertiary/aromatic N) is 2. The van der Waals surface area contributed by atoms with Gasteiger partial charge < -0.3 is 15.0 Å². The van der Waals surface area contributed by atoms with Crippen LogP contribution in [0.15, 0.2) is 42.6 Å². The number of aromatic amines is 1. The van der Waals surface area contributed by atoms with Crippen LogP contribution >= 0.6 is 0 Å². The van der Waals surface area contributed by atoms with E-state index in [2.05, 4.69) is 20.3 Å². The van der Waals surface area contributed by atoms with Gasteiger partial charge in [-0.1, -0.05) is 12.1 Å². The van der Waals surface area contributed by atoms with Crippen molar-refractivity contribution in [2.75, 3.05) is 13.7 Å². The second kappa shape index (κ2) is 6.26. The van der Waals surface area contributed by atoms with E-state index in [1.807, 2.05) is 24.3 Å². The van der Waals surface area contributed by atoms with Gasteiger partial charge in [0, 0.05) is 19.2 Å².